The Bertz CT molecular complexity index is 743. The maximum absolute atomic E-state index is 12.4. The highest BCUT2D eigenvalue weighted by atomic mass is 16.5. The van der Waals surface area contributed by atoms with Gasteiger partial charge in [-0.1, -0.05) is 25.5 Å². The maximum atomic E-state index is 12.4. The standard InChI is InChI=1S/C22H29NO4/c1-5-6-12-26-20-11-10-17(13-21(20)25-4)15-23-22(24)18-8-7-9-19(14-18)27-16(2)3/h7-11,13-14,16H,5-6,12,15H2,1-4H3,(H,23,24). The molecule has 0 spiro atoms. The van der Waals surface area contributed by atoms with Crippen molar-refractivity contribution in [1.82, 2.24) is 5.32 Å². The van der Waals surface area contributed by atoms with Crippen molar-refractivity contribution in [2.75, 3.05) is 13.7 Å². The third-order valence-electron chi connectivity index (χ3n) is 3.90. The first-order valence-corrected chi connectivity index (χ1v) is 9.38. The molecule has 1 N–H and O–H groups in total. The van der Waals surface area contributed by atoms with Gasteiger partial charge in [-0.25, -0.2) is 0 Å². The normalized spacial score (nSPS) is 10.6. The minimum atomic E-state index is -0.147. The van der Waals surface area contributed by atoms with Gasteiger partial charge < -0.3 is 19.5 Å². The third-order valence-corrected chi connectivity index (χ3v) is 3.90. The summed E-state index contributed by atoms with van der Waals surface area (Å²) in [6, 6.07) is 12.9. The molecular weight excluding hydrogens is 342 g/mol. The Labute approximate surface area is 161 Å². The van der Waals surface area contributed by atoms with Gasteiger partial charge in [0.2, 0.25) is 0 Å². The van der Waals surface area contributed by atoms with E-state index in [1.54, 1.807) is 19.2 Å². The number of methoxy groups -OCH3 is 1. The number of hydrogen-bond acceptors (Lipinski definition) is 4. The van der Waals surface area contributed by atoms with E-state index in [4.69, 9.17) is 14.2 Å². The highest BCUT2D eigenvalue weighted by Gasteiger charge is 2.10. The maximum Gasteiger partial charge on any atom is 0.251 e. The molecular formula is C22H29NO4. The highest BCUT2D eigenvalue weighted by Crippen LogP contribution is 2.28. The van der Waals surface area contributed by atoms with E-state index < -0.39 is 0 Å². The fourth-order valence-electron chi connectivity index (χ4n) is 2.53. The van der Waals surface area contributed by atoms with Crippen LogP contribution in [-0.4, -0.2) is 25.7 Å². The SMILES string of the molecule is CCCCOc1ccc(CNC(=O)c2cccc(OC(C)C)c2)cc1OC. The minimum Gasteiger partial charge on any atom is -0.493 e. The summed E-state index contributed by atoms with van der Waals surface area (Å²) in [6.45, 7) is 7.10. The number of unbranched alkanes of at least 4 members (excludes halogenated alkanes) is 1. The number of carbonyl (C=O) groups excluding carboxylic acids is 1. The highest BCUT2D eigenvalue weighted by molar-refractivity contribution is 5.94. The fraction of sp³-hybridized carbons (Fsp3) is 0.409. The lowest BCUT2D eigenvalue weighted by molar-refractivity contribution is 0.0950. The van der Waals surface area contributed by atoms with Gasteiger partial charge >= 0.3 is 0 Å². The molecule has 0 atom stereocenters. The number of nitrogens with one attached hydrogen (secondary N) is 1. The molecule has 5 nitrogen and oxygen atoms in total. The predicted octanol–water partition coefficient (Wildman–Crippen LogP) is 4.59. The first-order valence-electron chi connectivity index (χ1n) is 9.38. The number of amides is 1. The van der Waals surface area contributed by atoms with E-state index in [0.717, 1.165) is 24.2 Å². The Morgan fingerprint density at radius 3 is 2.63 bits per heavy atom. The summed E-state index contributed by atoms with van der Waals surface area (Å²) in [5.41, 5.74) is 1.51. The van der Waals surface area contributed by atoms with Crippen molar-refractivity contribution in [2.45, 2.75) is 46.3 Å². The molecule has 0 fully saturated rings. The number of hydrogen-bond donors (Lipinski definition) is 1. The summed E-state index contributed by atoms with van der Waals surface area (Å²) in [4.78, 5) is 12.4. The molecule has 1 amide bonds. The van der Waals surface area contributed by atoms with Crippen molar-refractivity contribution >= 4 is 5.91 Å². The lowest BCUT2D eigenvalue weighted by atomic mass is 10.1. The molecule has 2 aromatic carbocycles. The molecule has 0 saturated carbocycles. The van der Waals surface area contributed by atoms with E-state index in [1.165, 1.54) is 0 Å². The number of benzene rings is 2. The lowest BCUT2D eigenvalue weighted by Gasteiger charge is -2.13. The van der Waals surface area contributed by atoms with Crippen molar-refractivity contribution < 1.29 is 19.0 Å². The summed E-state index contributed by atoms with van der Waals surface area (Å²) in [5.74, 6) is 1.93. The second-order valence-electron chi connectivity index (χ2n) is 6.56. The van der Waals surface area contributed by atoms with Gasteiger partial charge in [0.25, 0.3) is 5.91 Å². The van der Waals surface area contributed by atoms with Crippen LogP contribution in [0.15, 0.2) is 42.5 Å². The van der Waals surface area contributed by atoms with Crippen LogP contribution in [-0.2, 0) is 6.54 Å². The second kappa shape index (κ2) is 10.5. The van der Waals surface area contributed by atoms with Gasteiger partial charge in [0.1, 0.15) is 5.75 Å². The predicted molar refractivity (Wildman–Crippen MR) is 107 cm³/mol. The van der Waals surface area contributed by atoms with Gasteiger partial charge in [0.05, 0.1) is 19.8 Å². The Kier molecular flexibility index (Phi) is 7.99. The van der Waals surface area contributed by atoms with E-state index in [-0.39, 0.29) is 12.0 Å². The molecule has 0 aliphatic heterocycles. The molecule has 2 rings (SSSR count). The molecule has 0 saturated heterocycles. The van der Waals surface area contributed by atoms with E-state index in [9.17, 15) is 4.79 Å². The van der Waals surface area contributed by atoms with E-state index in [0.29, 0.717) is 30.2 Å². The van der Waals surface area contributed by atoms with Crippen LogP contribution < -0.4 is 19.5 Å². The van der Waals surface area contributed by atoms with Crippen LogP contribution in [0.4, 0.5) is 0 Å². The first-order chi connectivity index (χ1) is 13.0. The van der Waals surface area contributed by atoms with E-state index in [2.05, 4.69) is 12.2 Å². The molecule has 146 valence electrons. The molecule has 0 bridgehead atoms. The zero-order chi connectivity index (χ0) is 19.6. The molecule has 0 radical (unpaired) electrons. The van der Waals surface area contributed by atoms with Gasteiger partial charge in [-0.3, -0.25) is 4.79 Å². The summed E-state index contributed by atoms with van der Waals surface area (Å²) in [7, 11) is 1.62. The van der Waals surface area contributed by atoms with Gasteiger partial charge in [0, 0.05) is 12.1 Å². The molecule has 0 heterocycles. The van der Waals surface area contributed by atoms with Crippen LogP contribution in [0.25, 0.3) is 0 Å². The van der Waals surface area contributed by atoms with Crippen molar-refractivity contribution in [3.8, 4) is 17.2 Å². The number of carbonyl (C=O) groups is 1. The fourth-order valence-corrected chi connectivity index (χ4v) is 2.53. The van der Waals surface area contributed by atoms with E-state index >= 15 is 0 Å². The van der Waals surface area contributed by atoms with Crippen LogP contribution in [0.3, 0.4) is 0 Å². The molecule has 0 unspecified atom stereocenters. The summed E-state index contributed by atoms with van der Waals surface area (Å²) < 4.78 is 16.8. The van der Waals surface area contributed by atoms with Gasteiger partial charge in [-0.05, 0) is 56.2 Å². The van der Waals surface area contributed by atoms with E-state index in [1.807, 2.05) is 44.2 Å². The van der Waals surface area contributed by atoms with Crippen molar-refractivity contribution in [3.63, 3.8) is 0 Å². The van der Waals surface area contributed by atoms with Crippen molar-refractivity contribution in [1.29, 1.82) is 0 Å². The molecule has 0 aliphatic rings. The Hall–Kier alpha value is -2.69. The second-order valence-corrected chi connectivity index (χ2v) is 6.56. The molecule has 27 heavy (non-hydrogen) atoms. The number of ether oxygens (including phenoxy) is 3. The molecule has 5 heteroatoms. The molecule has 0 aliphatic carbocycles. The summed E-state index contributed by atoms with van der Waals surface area (Å²) in [5, 5.41) is 2.93. The topological polar surface area (TPSA) is 56.8 Å². The average Bonchev–Trinajstić information content (AvgIpc) is 2.66. The van der Waals surface area contributed by atoms with Crippen LogP contribution in [0.5, 0.6) is 17.2 Å². The van der Waals surface area contributed by atoms with Crippen LogP contribution >= 0.6 is 0 Å². The molecule has 0 aromatic heterocycles. The van der Waals surface area contributed by atoms with Crippen molar-refractivity contribution in [3.05, 3.63) is 53.6 Å². The van der Waals surface area contributed by atoms with Gasteiger partial charge in [-0.2, -0.15) is 0 Å². The first kappa shape index (κ1) is 20.6. The van der Waals surface area contributed by atoms with Crippen LogP contribution in [0.1, 0.15) is 49.5 Å². The smallest absolute Gasteiger partial charge is 0.251 e. The summed E-state index contributed by atoms with van der Waals surface area (Å²) >= 11 is 0. The number of rotatable bonds is 10. The Balaban J connectivity index is 1.98. The summed E-state index contributed by atoms with van der Waals surface area (Å²) in [6.07, 6.45) is 2.14. The monoisotopic (exact) mass is 371 g/mol. The largest absolute Gasteiger partial charge is 0.493 e. The van der Waals surface area contributed by atoms with Crippen molar-refractivity contribution in [2.24, 2.45) is 0 Å². The lowest BCUT2D eigenvalue weighted by Crippen LogP contribution is -2.22. The quantitative estimate of drug-likeness (QED) is 0.621. The average molecular weight is 371 g/mol. The third kappa shape index (κ3) is 6.51. The Morgan fingerprint density at radius 1 is 1.11 bits per heavy atom. The van der Waals surface area contributed by atoms with Crippen LogP contribution in [0, 0.1) is 0 Å². The molecule has 2 aromatic rings. The van der Waals surface area contributed by atoms with Crippen LogP contribution in [0.2, 0.25) is 0 Å². The zero-order valence-corrected chi connectivity index (χ0v) is 16.6. The van der Waals surface area contributed by atoms with Gasteiger partial charge in [0.15, 0.2) is 11.5 Å². The zero-order valence-electron chi connectivity index (χ0n) is 16.6. The minimum absolute atomic E-state index is 0.0637. The van der Waals surface area contributed by atoms with Gasteiger partial charge in [-0.15, -0.1) is 0 Å². The Morgan fingerprint density at radius 2 is 1.93 bits per heavy atom.